The van der Waals surface area contributed by atoms with Crippen LogP contribution in [0.1, 0.15) is 59.8 Å². The highest BCUT2D eigenvalue weighted by Gasteiger charge is 2.17. The smallest absolute Gasteiger partial charge is 0.0639 e. The van der Waals surface area contributed by atoms with Gasteiger partial charge in [0.25, 0.3) is 0 Å². The Morgan fingerprint density at radius 1 is 0.643 bits per heavy atom. The molecule has 0 aromatic carbocycles. The third-order valence-corrected chi connectivity index (χ3v) is 4.86. The molecule has 7 heteroatoms. The second-order valence-corrected chi connectivity index (χ2v) is 8.63. The Morgan fingerprint density at radius 2 is 1.14 bits per heavy atom. The fourth-order valence-electron chi connectivity index (χ4n) is 3.82. The molecule has 0 aliphatic heterocycles. The lowest BCUT2D eigenvalue weighted by molar-refractivity contribution is 0.0798. The van der Waals surface area contributed by atoms with Crippen molar-refractivity contribution in [2.24, 2.45) is 11.7 Å². The Hall–Kier alpha value is -0.280. The number of rotatable bonds is 18. The Morgan fingerprint density at radius 3 is 1.61 bits per heavy atom. The van der Waals surface area contributed by atoms with Crippen molar-refractivity contribution in [3.63, 3.8) is 0 Å². The molecule has 0 aliphatic rings. The summed E-state index contributed by atoms with van der Waals surface area (Å²) < 4.78 is 0. The van der Waals surface area contributed by atoms with Gasteiger partial charge >= 0.3 is 0 Å². The molecule has 5 unspecified atom stereocenters. The molecule has 0 rings (SSSR count). The summed E-state index contributed by atoms with van der Waals surface area (Å²) in [6.45, 7) is 12.2. The first kappa shape index (κ1) is 27.7. The van der Waals surface area contributed by atoms with Crippen molar-refractivity contribution < 1.29 is 20.4 Å². The standard InChI is InChI=1S/C21H47N3O4/c1-17(25)13-21(8-12-23(11-6-9-22)14-18(2)26)7-5-10-24(15-19(3)27)16-20(4)28/h17-21,25-28H,5-16,22H2,1-4H3. The third kappa shape index (κ3) is 16.7. The lowest BCUT2D eigenvalue weighted by Crippen LogP contribution is -2.37. The number of aliphatic hydroxyl groups is 4. The van der Waals surface area contributed by atoms with Gasteiger partial charge in [0.05, 0.1) is 24.4 Å². The lowest BCUT2D eigenvalue weighted by atomic mass is 9.93. The molecule has 0 saturated heterocycles. The van der Waals surface area contributed by atoms with E-state index in [-0.39, 0.29) is 12.2 Å². The van der Waals surface area contributed by atoms with Crippen LogP contribution in [0.3, 0.4) is 0 Å². The number of nitrogens with zero attached hydrogens (tertiary/aromatic N) is 2. The van der Waals surface area contributed by atoms with Crippen LogP contribution in [0, 0.1) is 5.92 Å². The summed E-state index contributed by atoms with van der Waals surface area (Å²) in [6, 6.07) is 0. The van der Waals surface area contributed by atoms with E-state index in [1.807, 2.05) is 13.8 Å². The molecule has 28 heavy (non-hydrogen) atoms. The second kappa shape index (κ2) is 16.5. The molecule has 0 aliphatic carbocycles. The fourth-order valence-corrected chi connectivity index (χ4v) is 3.82. The van der Waals surface area contributed by atoms with Gasteiger partial charge in [-0.2, -0.15) is 0 Å². The number of hydrogen-bond donors (Lipinski definition) is 5. The molecule has 0 spiro atoms. The molecule has 0 radical (unpaired) electrons. The van der Waals surface area contributed by atoms with Crippen molar-refractivity contribution in [3.05, 3.63) is 0 Å². The highest BCUT2D eigenvalue weighted by Crippen LogP contribution is 2.19. The Kier molecular flexibility index (Phi) is 16.3. The summed E-state index contributed by atoms with van der Waals surface area (Å²) in [5.41, 5.74) is 5.63. The average molecular weight is 406 g/mol. The molecule has 7 nitrogen and oxygen atoms in total. The molecular formula is C21H47N3O4. The Bertz CT molecular complexity index is 345. The lowest BCUT2D eigenvalue weighted by Gasteiger charge is -2.28. The van der Waals surface area contributed by atoms with E-state index in [4.69, 9.17) is 5.73 Å². The van der Waals surface area contributed by atoms with Crippen LogP contribution in [-0.4, -0.2) is 100 Å². The van der Waals surface area contributed by atoms with E-state index in [2.05, 4.69) is 9.80 Å². The topological polar surface area (TPSA) is 113 Å². The molecule has 0 aromatic rings. The van der Waals surface area contributed by atoms with Gasteiger partial charge in [-0.15, -0.1) is 0 Å². The second-order valence-electron chi connectivity index (χ2n) is 8.63. The van der Waals surface area contributed by atoms with Gasteiger partial charge in [-0.3, -0.25) is 4.90 Å². The zero-order chi connectivity index (χ0) is 21.5. The molecule has 0 saturated carbocycles. The van der Waals surface area contributed by atoms with Gasteiger partial charge in [-0.05, 0) is 91.9 Å². The SMILES string of the molecule is CC(O)CC(CCCN(CC(C)O)CC(C)O)CCN(CCCN)CC(C)O. The van der Waals surface area contributed by atoms with Crippen LogP contribution >= 0.6 is 0 Å². The maximum absolute atomic E-state index is 9.87. The number of nitrogens with two attached hydrogens (primary N) is 1. The van der Waals surface area contributed by atoms with Gasteiger partial charge in [0.2, 0.25) is 0 Å². The van der Waals surface area contributed by atoms with Gasteiger partial charge in [-0.25, -0.2) is 0 Å². The summed E-state index contributed by atoms with van der Waals surface area (Å²) in [6.07, 6.45) is 3.12. The van der Waals surface area contributed by atoms with Gasteiger partial charge in [0.1, 0.15) is 0 Å². The molecule has 6 N–H and O–H groups in total. The van der Waals surface area contributed by atoms with Crippen LogP contribution in [-0.2, 0) is 0 Å². The van der Waals surface area contributed by atoms with Crippen molar-refractivity contribution in [2.45, 2.75) is 84.2 Å². The molecule has 5 atom stereocenters. The normalized spacial score (nSPS) is 17.7. The van der Waals surface area contributed by atoms with E-state index in [1.165, 1.54) is 0 Å². The first-order valence-electron chi connectivity index (χ1n) is 11.0. The van der Waals surface area contributed by atoms with Crippen molar-refractivity contribution in [1.82, 2.24) is 9.80 Å². The predicted molar refractivity (Wildman–Crippen MR) is 115 cm³/mol. The quantitative estimate of drug-likeness (QED) is 0.227. The molecule has 0 amide bonds. The minimum atomic E-state index is -0.413. The van der Waals surface area contributed by atoms with Crippen molar-refractivity contribution in [3.8, 4) is 0 Å². The van der Waals surface area contributed by atoms with E-state index in [0.717, 1.165) is 51.7 Å². The van der Waals surface area contributed by atoms with Crippen molar-refractivity contribution in [2.75, 3.05) is 45.8 Å². The number of hydrogen-bond acceptors (Lipinski definition) is 7. The number of aliphatic hydroxyl groups excluding tert-OH is 4. The van der Waals surface area contributed by atoms with Crippen LogP contribution < -0.4 is 5.73 Å². The molecule has 170 valence electrons. The summed E-state index contributed by atoms with van der Waals surface area (Å²) in [5, 5.41) is 38.9. The van der Waals surface area contributed by atoms with Gasteiger partial charge in [0.15, 0.2) is 0 Å². The van der Waals surface area contributed by atoms with E-state index in [0.29, 0.717) is 32.1 Å². The highest BCUT2D eigenvalue weighted by atomic mass is 16.3. The van der Waals surface area contributed by atoms with Crippen LogP contribution in [0.4, 0.5) is 0 Å². The van der Waals surface area contributed by atoms with Crippen molar-refractivity contribution >= 4 is 0 Å². The summed E-state index contributed by atoms with van der Waals surface area (Å²) in [7, 11) is 0. The first-order chi connectivity index (χ1) is 13.1. The molecule has 0 heterocycles. The van der Waals surface area contributed by atoms with Gasteiger partial charge in [-0.1, -0.05) is 0 Å². The maximum atomic E-state index is 9.87. The molecular weight excluding hydrogens is 358 g/mol. The zero-order valence-electron chi connectivity index (χ0n) is 18.6. The predicted octanol–water partition coefficient (Wildman–Crippen LogP) is 0.639. The maximum Gasteiger partial charge on any atom is 0.0639 e. The van der Waals surface area contributed by atoms with Crippen LogP contribution in [0.5, 0.6) is 0 Å². The van der Waals surface area contributed by atoms with E-state index in [9.17, 15) is 20.4 Å². The van der Waals surface area contributed by atoms with E-state index < -0.39 is 12.2 Å². The average Bonchev–Trinajstić information content (AvgIpc) is 2.54. The molecule has 0 aromatic heterocycles. The van der Waals surface area contributed by atoms with Gasteiger partial charge < -0.3 is 31.1 Å². The zero-order valence-corrected chi connectivity index (χ0v) is 18.6. The van der Waals surface area contributed by atoms with Gasteiger partial charge in [0, 0.05) is 19.6 Å². The largest absolute Gasteiger partial charge is 0.393 e. The summed E-state index contributed by atoms with van der Waals surface area (Å²) in [4.78, 5) is 4.37. The monoisotopic (exact) mass is 405 g/mol. The third-order valence-electron chi connectivity index (χ3n) is 4.86. The Balaban J connectivity index is 4.57. The highest BCUT2D eigenvalue weighted by molar-refractivity contribution is 4.71. The molecule has 0 bridgehead atoms. The molecule has 0 fully saturated rings. The van der Waals surface area contributed by atoms with Crippen molar-refractivity contribution in [1.29, 1.82) is 0 Å². The van der Waals surface area contributed by atoms with E-state index >= 15 is 0 Å². The minimum absolute atomic E-state index is 0.328. The van der Waals surface area contributed by atoms with Crippen LogP contribution in [0.2, 0.25) is 0 Å². The van der Waals surface area contributed by atoms with Crippen LogP contribution in [0.15, 0.2) is 0 Å². The Labute approximate surface area is 172 Å². The minimum Gasteiger partial charge on any atom is -0.393 e. The summed E-state index contributed by atoms with van der Waals surface area (Å²) >= 11 is 0. The fraction of sp³-hybridized carbons (Fsp3) is 1.00. The van der Waals surface area contributed by atoms with Crippen LogP contribution in [0.25, 0.3) is 0 Å². The summed E-state index contributed by atoms with van der Waals surface area (Å²) in [5.74, 6) is 0.411. The first-order valence-corrected chi connectivity index (χ1v) is 11.0. The van der Waals surface area contributed by atoms with E-state index in [1.54, 1.807) is 13.8 Å².